The van der Waals surface area contributed by atoms with Crippen LogP contribution in [0.5, 0.6) is 0 Å². The van der Waals surface area contributed by atoms with Gasteiger partial charge in [0.15, 0.2) is 0 Å². The number of benzene rings is 2. The molecule has 186 valence electrons. The van der Waals surface area contributed by atoms with Crippen molar-refractivity contribution >= 4 is 34.4 Å². The lowest BCUT2D eigenvalue weighted by molar-refractivity contribution is -0.148. The van der Waals surface area contributed by atoms with Crippen LogP contribution in [0.2, 0.25) is 5.02 Å². The monoisotopic (exact) mass is 508 g/mol. The van der Waals surface area contributed by atoms with E-state index in [2.05, 4.69) is 0 Å². The average molecular weight is 509 g/mol. The number of carboxylic acid groups (broad SMARTS) is 1. The number of aryl methyl sites for hydroxylation is 1. The molecule has 6 nitrogen and oxygen atoms in total. The number of fused-ring (bicyclic) bond motifs is 1. The van der Waals surface area contributed by atoms with Crippen molar-refractivity contribution in [2.24, 2.45) is 13.0 Å². The third-order valence-electron chi connectivity index (χ3n) is 6.79. The lowest BCUT2D eigenvalue weighted by Crippen LogP contribution is -2.48. The molecular weight excluding hydrogens is 485 g/mol. The van der Waals surface area contributed by atoms with Crippen LogP contribution in [0.4, 0.5) is 13.2 Å². The minimum atomic E-state index is -4.44. The molecule has 35 heavy (non-hydrogen) atoms. The zero-order valence-electron chi connectivity index (χ0n) is 19.1. The maximum absolute atomic E-state index is 13.2. The summed E-state index contributed by atoms with van der Waals surface area (Å²) >= 11 is 6.47. The normalized spacial score (nSPS) is 18.8. The zero-order chi connectivity index (χ0) is 25.7. The largest absolute Gasteiger partial charge is 0.481 e. The van der Waals surface area contributed by atoms with E-state index in [1.54, 1.807) is 36.7 Å². The van der Waals surface area contributed by atoms with Gasteiger partial charge in [-0.3, -0.25) is 9.59 Å². The average Bonchev–Trinajstić information content (AvgIpc) is 3.10. The van der Waals surface area contributed by atoms with Crippen LogP contribution >= 0.6 is 11.6 Å². The van der Waals surface area contributed by atoms with Crippen molar-refractivity contribution in [3.05, 3.63) is 69.4 Å². The van der Waals surface area contributed by atoms with Gasteiger partial charge in [-0.25, -0.2) is 0 Å². The van der Waals surface area contributed by atoms with Gasteiger partial charge in [0.2, 0.25) is 0 Å². The molecule has 1 aromatic heterocycles. The van der Waals surface area contributed by atoms with Gasteiger partial charge in [0.25, 0.3) is 5.91 Å². The van der Waals surface area contributed by atoms with Crippen LogP contribution in [-0.4, -0.2) is 50.8 Å². The standard InChI is InChI=1S/C25H24ClF3N2O4/c1-13-17(23(33)31-8-7-18(24(34)35)22(32)12-31)5-6-20(26)19(13)11-16-9-14-3-4-15(25(27,28)29)10-21(14)30(16)2/h3-6,9-10,18,22,32H,7-8,11-12H2,1-2H3,(H,34,35). The first-order valence-corrected chi connectivity index (χ1v) is 11.4. The van der Waals surface area contributed by atoms with Crippen molar-refractivity contribution in [1.29, 1.82) is 0 Å². The Morgan fingerprint density at radius 3 is 2.51 bits per heavy atom. The quantitative estimate of drug-likeness (QED) is 0.537. The van der Waals surface area contributed by atoms with Gasteiger partial charge in [-0.1, -0.05) is 17.7 Å². The van der Waals surface area contributed by atoms with Gasteiger partial charge in [-0.05, 0) is 60.2 Å². The van der Waals surface area contributed by atoms with E-state index in [0.29, 0.717) is 39.0 Å². The summed E-state index contributed by atoms with van der Waals surface area (Å²) in [7, 11) is 1.68. The summed E-state index contributed by atoms with van der Waals surface area (Å²) in [5.74, 6) is -2.34. The number of piperidine rings is 1. The number of likely N-dealkylation sites (tertiary alicyclic amines) is 1. The van der Waals surface area contributed by atoms with Crippen molar-refractivity contribution in [3.63, 3.8) is 0 Å². The van der Waals surface area contributed by atoms with Crippen LogP contribution in [0, 0.1) is 12.8 Å². The van der Waals surface area contributed by atoms with E-state index in [0.717, 1.165) is 17.8 Å². The fourth-order valence-electron chi connectivity index (χ4n) is 4.66. The lowest BCUT2D eigenvalue weighted by atomic mass is 9.92. The maximum Gasteiger partial charge on any atom is 0.416 e. The number of aliphatic hydroxyl groups is 1. The van der Waals surface area contributed by atoms with E-state index in [1.807, 2.05) is 0 Å². The molecule has 0 aliphatic carbocycles. The number of aliphatic carboxylic acids is 1. The van der Waals surface area contributed by atoms with Crippen LogP contribution in [0.3, 0.4) is 0 Å². The SMILES string of the molecule is Cc1c(C(=O)N2CCC(C(=O)O)C(O)C2)ccc(Cl)c1Cc1cc2ccc(C(F)(F)F)cc2n1C. The number of amides is 1. The van der Waals surface area contributed by atoms with Gasteiger partial charge in [0, 0.05) is 48.4 Å². The van der Waals surface area contributed by atoms with Gasteiger partial charge in [-0.2, -0.15) is 13.2 Å². The van der Waals surface area contributed by atoms with Gasteiger partial charge >= 0.3 is 12.1 Å². The molecule has 2 unspecified atom stereocenters. The highest BCUT2D eigenvalue weighted by Crippen LogP contribution is 2.34. The number of nitrogens with zero attached hydrogens (tertiary/aromatic N) is 2. The first kappa shape index (κ1) is 25.1. The van der Waals surface area contributed by atoms with Crippen molar-refractivity contribution < 1.29 is 33.0 Å². The Hall–Kier alpha value is -3.04. The van der Waals surface area contributed by atoms with Crippen molar-refractivity contribution in [2.75, 3.05) is 13.1 Å². The second-order valence-electron chi connectivity index (χ2n) is 8.89. The number of alkyl halides is 3. The molecule has 0 saturated carbocycles. The summed E-state index contributed by atoms with van der Waals surface area (Å²) in [5, 5.41) is 20.4. The Bertz CT molecular complexity index is 1320. The number of carboxylic acids is 1. The van der Waals surface area contributed by atoms with Crippen LogP contribution in [0.25, 0.3) is 10.9 Å². The van der Waals surface area contributed by atoms with E-state index >= 15 is 0 Å². The smallest absolute Gasteiger partial charge is 0.416 e. The predicted molar refractivity (Wildman–Crippen MR) is 125 cm³/mol. The summed E-state index contributed by atoms with van der Waals surface area (Å²) in [6.45, 7) is 1.87. The molecule has 1 aliphatic rings. The second kappa shape index (κ2) is 9.20. The molecule has 0 radical (unpaired) electrons. The molecule has 1 fully saturated rings. The van der Waals surface area contributed by atoms with E-state index in [9.17, 15) is 33.0 Å². The molecule has 3 aromatic rings. The fourth-order valence-corrected chi connectivity index (χ4v) is 4.93. The molecule has 4 rings (SSSR count). The summed E-state index contributed by atoms with van der Waals surface area (Å²) in [6, 6.07) is 8.58. The second-order valence-corrected chi connectivity index (χ2v) is 9.30. The maximum atomic E-state index is 13.2. The molecule has 0 bridgehead atoms. The van der Waals surface area contributed by atoms with Crippen LogP contribution in [-0.2, 0) is 24.4 Å². The van der Waals surface area contributed by atoms with Gasteiger partial charge in [0.1, 0.15) is 0 Å². The number of aromatic nitrogens is 1. The minimum absolute atomic E-state index is 0.0854. The molecule has 10 heteroatoms. The Balaban J connectivity index is 1.64. The highest BCUT2D eigenvalue weighted by Gasteiger charge is 2.35. The fraction of sp³-hybridized carbons (Fsp3) is 0.360. The summed E-state index contributed by atoms with van der Waals surface area (Å²) in [4.78, 5) is 25.9. The van der Waals surface area contributed by atoms with Crippen LogP contribution < -0.4 is 0 Å². The Kier molecular flexibility index (Phi) is 6.59. The molecule has 2 atom stereocenters. The molecule has 0 spiro atoms. The molecule has 1 saturated heterocycles. The number of rotatable bonds is 4. The molecule has 1 amide bonds. The van der Waals surface area contributed by atoms with Crippen molar-refractivity contribution in [2.45, 2.75) is 32.0 Å². The number of aliphatic hydroxyl groups excluding tert-OH is 1. The summed E-state index contributed by atoms with van der Waals surface area (Å²) in [5.41, 5.74) is 2.11. The Morgan fingerprint density at radius 1 is 1.17 bits per heavy atom. The third kappa shape index (κ3) is 4.75. The summed E-state index contributed by atoms with van der Waals surface area (Å²) < 4.78 is 41.2. The Labute approximate surface area is 204 Å². The first-order valence-electron chi connectivity index (χ1n) is 11.0. The van der Waals surface area contributed by atoms with E-state index in [4.69, 9.17) is 11.6 Å². The van der Waals surface area contributed by atoms with Crippen molar-refractivity contribution in [1.82, 2.24) is 9.47 Å². The lowest BCUT2D eigenvalue weighted by Gasteiger charge is -2.34. The van der Waals surface area contributed by atoms with E-state index in [-0.39, 0.29) is 25.4 Å². The van der Waals surface area contributed by atoms with E-state index in [1.165, 1.54) is 11.0 Å². The van der Waals surface area contributed by atoms with E-state index < -0.39 is 29.7 Å². The van der Waals surface area contributed by atoms with Crippen molar-refractivity contribution in [3.8, 4) is 0 Å². The number of carbonyl (C=O) groups excluding carboxylic acids is 1. The number of carbonyl (C=O) groups is 2. The molecule has 2 N–H and O–H groups in total. The number of halogens is 4. The van der Waals surface area contributed by atoms with Crippen LogP contribution in [0.15, 0.2) is 36.4 Å². The molecule has 2 aromatic carbocycles. The predicted octanol–water partition coefficient (Wildman–Crippen LogP) is 4.66. The number of hydrogen-bond acceptors (Lipinski definition) is 3. The summed E-state index contributed by atoms with van der Waals surface area (Å²) in [6.07, 6.45) is -5.16. The van der Waals surface area contributed by atoms with Crippen LogP contribution in [0.1, 0.15) is 39.2 Å². The van der Waals surface area contributed by atoms with Gasteiger partial charge < -0.3 is 19.7 Å². The Morgan fingerprint density at radius 2 is 1.89 bits per heavy atom. The molecule has 1 aliphatic heterocycles. The highest BCUT2D eigenvalue weighted by atomic mass is 35.5. The van der Waals surface area contributed by atoms with Gasteiger partial charge in [-0.15, -0.1) is 0 Å². The minimum Gasteiger partial charge on any atom is -0.481 e. The topological polar surface area (TPSA) is 82.8 Å². The molecular formula is C25H24ClF3N2O4. The third-order valence-corrected chi connectivity index (χ3v) is 7.14. The zero-order valence-corrected chi connectivity index (χ0v) is 19.8. The van der Waals surface area contributed by atoms with Gasteiger partial charge in [0.05, 0.1) is 17.6 Å². The highest BCUT2D eigenvalue weighted by molar-refractivity contribution is 6.31. The number of hydrogen-bond donors (Lipinski definition) is 2. The molecule has 2 heterocycles. The number of β-amino-alcohol motifs (C(OH)–C–C–N with tert-alkyl or cyclic N) is 1. The first-order chi connectivity index (χ1) is 16.4.